The van der Waals surface area contributed by atoms with Gasteiger partial charge in [0, 0.05) is 0 Å². The van der Waals surface area contributed by atoms with Crippen LogP contribution in [0.2, 0.25) is 0 Å². The van der Waals surface area contributed by atoms with Gasteiger partial charge in [-0.15, -0.1) is 10.2 Å². The average molecular weight is 248 g/mol. The lowest BCUT2D eigenvalue weighted by Gasteiger charge is -1.80. The van der Waals surface area contributed by atoms with E-state index in [-0.39, 0.29) is 0 Å². The number of hydrogen-bond donors (Lipinski definition) is 6. The molecule has 0 heterocycles. The largest absolute Gasteiger partial charge is 0.481 e. The van der Waals surface area contributed by atoms with Gasteiger partial charge in [0.25, 0.3) is 0 Å². The summed E-state index contributed by atoms with van der Waals surface area (Å²) in [6.07, 6.45) is 1.08. The molecule has 0 saturated heterocycles. The molecule has 0 atom stereocenters. The second kappa shape index (κ2) is 18.8. The van der Waals surface area contributed by atoms with Crippen molar-refractivity contribution in [3.05, 3.63) is 0 Å². The van der Waals surface area contributed by atoms with Gasteiger partial charge in [0.1, 0.15) is 6.42 Å². The summed E-state index contributed by atoms with van der Waals surface area (Å²) in [5, 5.41) is 26.5. The van der Waals surface area contributed by atoms with Gasteiger partial charge in [-0.1, -0.05) is 0 Å². The van der Waals surface area contributed by atoms with Gasteiger partial charge in [-0.25, -0.2) is 11.1 Å². The molecule has 17 heavy (non-hydrogen) atoms. The number of nitrogens with two attached hydrogens (primary N) is 2. The molecule has 0 aromatic carbocycles. The standard InChI is InChI=1S/C3H4O4.2CH4N4/c4-2(5)1-3(6)7;2*2-4-1-5-3/h1H2,(H,4,5)(H,6,7);2*1-2H,3H2. The molecule has 0 fully saturated rings. The van der Waals surface area contributed by atoms with E-state index in [1.54, 1.807) is 0 Å². The third-order valence-electron chi connectivity index (χ3n) is 0.551. The molecule has 0 spiro atoms. The van der Waals surface area contributed by atoms with Crippen molar-refractivity contribution in [1.29, 1.82) is 11.1 Å². The Kier molecular flexibility index (Phi) is 21.7. The van der Waals surface area contributed by atoms with Gasteiger partial charge in [-0.2, -0.15) is 10.2 Å². The van der Waals surface area contributed by atoms with Crippen molar-refractivity contribution in [3.63, 3.8) is 0 Å². The highest BCUT2D eigenvalue weighted by molar-refractivity contribution is 5.88. The van der Waals surface area contributed by atoms with Crippen LogP contribution in [-0.4, -0.2) is 34.8 Å². The Morgan fingerprint density at radius 1 is 1.00 bits per heavy atom. The van der Waals surface area contributed by atoms with Crippen molar-refractivity contribution in [2.24, 2.45) is 32.1 Å². The van der Waals surface area contributed by atoms with E-state index in [1.165, 1.54) is 0 Å². The van der Waals surface area contributed by atoms with Gasteiger partial charge in [-0.05, 0) is 0 Å². The van der Waals surface area contributed by atoms with Gasteiger partial charge in [0.15, 0.2) is 12.7 Å². The van der Waals surface area contributed by atoms with Gasteiger partial charge in [0.05, 0.1) is 0 Å². The fraction of sp³-hybridized carbons (Fsp3) is 0.200. The summed E-state index contributed by atoms with van der Waals surface area (Å²) in [6.45, 7) is 0. The molecule has 0 aliphatic heterocycles. The normalized spacial score (nSPS) is 8.47. The molecule has 0 aliphatic carbocycles. The van der Waals surface area contributed by atoms with Crippen molar-refractivity contribution in [2.45, 2.75) is 6.42 Å². The number of nitrogens with one attached hydrogen (secondary N) is 2. The van der Waals surface area contributed by atoms with Crippen LogP contribution in [0.3, 0.4) is 0 Å². The van der Waals surface area contributed by atoms with Crippen LogP contribution >= 0.6 is 0 Å². The molecule has 96 valence electrons. The minimum Gasteiger partial charge on any atom is -0.481 e. The first kappa shape index (κ1) is 19.6. The lowest BCUT2D eigenvalue weighted by atomic mass is 10.5. The molecule has 0 radical (unpaired) electrons. The summed E-state index contributed by atoms with van der Waals surface area (Å²) in [4.78, 5) is 18.9. The zero-order chi connectivity index (χ0) is 14.1. The number of nitrogens with zero attached hydrogens (tertiary/aromatic N) is 4. The maximum atomic E-state index is 9.43. The molecule has 0 aliphatic rings. The molecule has 8 N–H and O–H groups in total. The summed E-state index contributed by atoms with van der Waals surface area (Å²) >= 11 is 0. The van der Waals surface area contributed by atoms with Crippen molar-refractivity contribution in [2.75, 3.05) is 0 Å². The number of rotatable bonds is 4. The second-order valence-corrected chi connectivity index (χ2v) is 1.75. The summed E-state index contributed by atoms with van der Waals surface area (Å²) in [6, 6.07) is 0. The summed E-state index contributed by atoms with van der Waals surface area (Å²) < 4.78 is 0. The first-order valence-electron chi connectivity index (χ1n) is 3.56. The molecule has 0 amide bonds. The fourth-order valence-electron chi connectivity index (χ4n) is 0.196. The number of carboxylic acids is 2. The Morgan fingerprint density at radius 2 is 1.29 bits per heavy atom. The van der Waals surface area contributed by atoms with Crippen molar-refractivity contribution >= 4 is 24.6 Å². The van der Waals surface area contributed by atoms with Crippen LogP contribution in [-0.2, 0) is 9.59 Å². The molecule has 0 saturated carbocycles. The number of aliphatic carboxylic acids is 2. The Balaban J connectivity index is -0.000000177. The van der Waals surface area contributed by atoms with Crippen LogP contribution in [0.25, 0.3) is 0 Å². The lowest BCUT2D eigenvalue weighted by molar-refractivity contribution is -0.147. The highest BCUT2D eigenvalue weighted by atomic mass is 16.4. The topological polar surface area (TPSA) is 224 Å². The molecular weight excluding hydrogens is 236 g/mol. The second-order valence-electron chi connectivity index (χ2n) is 1.75. The van der Waals surface area contributed by atoms with E-state index in [4.69, 9.17) is 21.3 Å². The van der Waals surface area contributed by atoms with Crippen molar-refractivity contribution in [1.82, 2.24) is 0 Å². The molecular formula is C5H12N8O4. The smallest absolute Gasteiger partial charge is 0.314 e. The molecule has 0 rings (SSSR count). The molecule has 12 heteroatoms. The van der Waals surface area contributed by atoms with Gasteiger partial charge < -0.3 is 21.9 Å². The summed E-state index contributed by atoms with van der Waals surface area (Å²) in [5.74, 6) is 6.36. The summed E-state index contributed by atoms with van der Waals surface area (Å²) in [7, 11) is 0. The predicted octanol–water partition coefficient (Wildman–Crippen LogP) is -0.616. The summed E-state index contributed by atoms with van der Waals surface area (Å²) in [5.41, 5.74) is 12.0. The van der Waals surface area contributed by atoms with E-state index in [9.17, 15) is 9.59 Å². The minimum atomic E-state index is -1.31. The van der Waals surface area contributed by atoms with Crippen LogP contribution in [0, 0.1) is 11.1 Å². The molecule has 0 aromatic rings. The van der Waals surface area contributed by atoms with E-state index in [2.05, 4.69) is 32.1 Å². The maximum absolute atomic E-state index is 9.43. The van der Waals surface area contributed by atoms with E-state index >= 15 is 0 Å². The Labute approximate surface area is 95.0 Å². The van der Waals surface area contributed by atoms with Gasteiger partial charge in [0.2, 0.25) is 0 Å². The molecule has 0 unspecified atom stereocenters. The van der Waals surface area contributed by atoms with E-state index in [1.807, 2.05) is 0 Å². The van der Waals surface area contributed by atoms with Crippen LogP contribution < -0.4 is 11.7 Å². The van der Waals surface area contributed by atoms with Crippen LogP contribution in [0.5, 0.6) is 0 Å². The van der Waals surface area contributed by atoms with E-state index < -0.39 is 18.4 Å². The SMILES string of the molecule is N=NC=NN.N=NC=NN.O=C(O)CC(=O)O. The first-order chi connectivity index (χ1) is 7.95. The van der Waals surface area contributed by atoms with E-state index in [0.717, 1.165) is 12.7 Å². The highest BCUT2D eigenvalue weighted by Gasteiger charge is 2.01. The molecule has 0 bridgehead atoms. The van der Waals surface area contributed by atoms with Crippen LogP contribution in [0.15, 0.2) is 20.4 Å². The van der Waals surface area contributed by atoms with E-state index in [0.29, 0.717) is 0 Å². The quantitative estimate of drug-likeness (QED) is 0.0947. The van der Waals surface area contributed by atoms with Gasteiger partial charge in [-0.3, -0.25) is 9.59 Å². The van der Waals surface area contributed by atoms with Crippen LogP contribution in [0.4, 0.5) is 0 Å². The Bertz CT molecular complexity index is 260. The maximum Gasteiger partial charge on any atom is 0.314 e. The first-order valence-corrected chi connectivity index (χ1v) is 3.56. The number of hydrogen-bond acceptors (Lipinski definition) is 8. The minimum absolute atomic E-state index is 0.806. The monoisotopic (exact) mass is 248 g/mol. The number of carboxylic acid groups (broad SMARTS) is 2. The average Bonchev–Trinajstić information content (AvgIpc) is 2.19. The third kappa shape index (κ3) is 62.2. The molecule has 12 nitrogen and oxygen atoms in total. The zero-order valence-electron chi connectivity index (χ0n) is 8.52. The Hall–Kier alpha value is -2.92. The van der Waals surface area contributed by atoms with Crippen LogP contribution in [0.1, 0.15) is 6.42 Å². The number of hydrazone groups is 2. The molecule has 0 aromatic heterocycles. The number of carbonyl (C=O) groups is 2. The highest BCUT2D eigenvalue weighted by Crippen LogP contribution is 1.74. The predicted molar refractivity (Wildman–Crippen MR) is 55.5 cm³/mol. The van der Waals surface area contributed by atoms with Crippen molar-refractivity contribution < 1.29 is 19.8 Å². The fourth-order valence-corrected chi connectivity index (χ4v) is 0.196. The van der Waals surface area contributed by atoms with Crippen molar-refractivity contribution in [3.8, 4) is 0 Å². The lowest BCUT2D eigenvalue weighted by Crippen LogP contribution is -2.03. The Morgan fingerprint density at radius 3 is 1.29 bits per heavy atom. The van der Waals surface area contributed by atoms with Gasteiger partial charge >= 0.3 is 11.9 Å². The zero-order valence-corrected chi connectivity index (χ0v) is 8.52. The third-order valence-corrected chi connectivity index (χ3v) is 0.551.